The Morgan fingerprint density at radius 3 is 2.64 bits per heavy atom. The van der Waals surface area contributed by atoms with E-state index in [1.165, 1.54) is 0 Å². The van der Waals surface area contributed by atoms with Crippen LogP contribution >= 0.6 is 0 Å². The first kappa shape index (κ1) is 9.53. The summed E-state index contributed by atoms with van der Waals surface area (Å²) < 4.78 is 5.75. The van der Waals surface area contributed by atoms with Gasteiger partial charge >= 0.3 is 0 Å². The third kappa shape index (κ3) is 1.62. The Balaban J connectivity index is 2.08. The van der Waals surface area contributed by atoms with E-state index in [9.17, 15) is 5.11 Å². The number of hydrogen-bond donors (Lipinski definition) is 1. The van der Waals surface area contributed by atoms with E-state index in [4.69, 9.17) is 4.74 Å². The Kier molecular flexibility index (Phi) is 2.23. The first-order valence-corrected chi connectivity index (χ1v) is 5.04. The Bertz CT molecular complexity index is 331. The molecule has 0 aromatic heterocycles. The van der Waals surface area contributed by atoms with Crippen LogP contribution in [0.3, 0.4) is 0 Å². The number of ether oxygens (including phenoxy) is 1. The fourth-order valence-electron chi connectivity index (χ4n) is 1.71. The lowest BCUT2D eigenvalue weighted by Gasteiger charge is -2.42. The van der Waals surface area contributed by atoms with E-state index < -0.39 is 5.60 Å². The van der Waals surface area contributed by atoms with E-state index in [1.54, 1.807) is 0 Å². The molecule has 0 heterocycles. The molecule has 1 aromatic carbocycles. The van der Waals surface area contributed by atoms with Gasteiger partial charge in [0.05, 0.1) is 5.60 Å². The van der Waals surface area contributed by atoms with Gasteiger partial charge in [-0.05, 0) is 38.3 Å². The molecule has 0 amide bonds. The molecular weight excluding hydrogens is 176 g/mol. The molecule has 1 aliphatic carbocycles. The Labute approximate surface area is 84.5 Å². The average molecular weight is 192 g/mol. The number of para-hydroxylation sites is 1. The van der Waals surface area contributed by atoms with Gasteiger partial charge in [-0.2, -0.15) is 0 Å². The van der Waals surface area contributed by atoms with Crippen LogP contribution in [0.15, 0.2) is 24.3 Å². The van der Waals surface area contributed by atoms with E-state index >= 15 is 0 Å². The second-order valence-corrected chi connectivity index (χ2v) is 4.27. The van der Waals surface area contributed by atoms with Crippen molar-refractivity contribution in [2.45, 2.75) is 38.4 Å². The fourth-order valence-corrected chi connectivity index (χ4v) is 1.71. The molecule has 14 heavy (non-hydrogen) atoms. The summed E-state index contributed by atoms with van der Waals surface area (Å²) in [6.07, 6.45) is 1.74. The van der Waals surface area contributed by atoms with Crippen LogP contribution < -0.4 is 4.74 Å². The minimum atomic E-state index is -0.637. The monoisotopic (exact) mass is 192 g/mol. The molecule has 0 aliphatic heterocycles. The lowest BCUT2D eigenvalue weighted by atomic mass is 9.78. The predicted molar refractivity (Wildman–Crippen MR) is 55.5 cm³/mol. The molecule has 1 fully saturated rings. The van der Waals surface area contributed by atoms with Crippen molar-refractivity contribution >= 4 is 0 Å². The maximum Gasteiger partial charge on any atom is 0.127 e. The van der Waals surface area contributed by atoms with Crippen LogP contribution in [-0.2, 0) is 0 Å². The summed E-state index contributed by atoms with van der Waals surface area (Å²) in [4.78, 5) is 0. The minimum Gasteiger partial charge on any atom is -0.487 e. The molecule has 1 saturated carbocycles. The zero-order chi connectivity index (χ0) is 10.2. The van der Waals surface area contributed by atoms with Gasteiger partial charge in [-0.25, -0.2) is 0 Å². The summed E-state index contributed by atoms with van der Waals surface area (Å²) in [6, 6.07) is 7.91. The molecule has 1 N–H and O–H groups in total. The Hall–Kier alpha value is -1.02. The van der Waals surface area contributed by atoms with Crippen molar-refractivity contribution in [2.75, 3.05) is 0 Å². The highest BCUT2D eigenvalue weighted by molar-refractivity contribution is 5.32. The van der Waals surface area contributed by atoms with Crippen LogP contribution in [0, 0.1) is 6.92 Å². The SMILES string of the molecule is Cc1ccccc1O[C@H]1CC[C@]1(C)O. The van der Waals surface area contributed by atoms with Gasteiger partial charge in [0, 0.05) is 0 Å². The van der Waals surface area contributed by atoms with Crippen LogP contribution in [-0.4, -0.2) is 16.8 Å². The van der Waals surface area contributed by atoms with E-state index in [-0.39, 0.29) is 6.10 Å². The average Bonchev–Trinajstić information content (AvgIpc) is 2.15. The smallest absolute Gasteiger partial charge is 0.127 e. The predicted octanol–water partition coefficient (Wildman–Crippen LogP) is 2.29. The van der Waals surface area contributed by atoms with Gasteiger partial charge in [-0.3, -0.25) is 0 Å². The lowest BCUT2D eigenvalue weighted by molar-refractivity contribution is -0.118. The molecule has 0 spiro atoms. The maximum absolute atomic E-state index is 9.80. The Morgan fingerprint density at radius 1 is 1.43 bits per heavy atom. The zero-order valence-electron chi connectivity index (χ0n) is 8.66. The summed E-state index contributed by atoms with van der Waals surface area (Å²) in [7, 11) is 0. The summed E-state index contributed by atoms with van der Waals surface area (Å²) in [5.41, 5.74) is 0.484. The van der Waals surface area contributed by atoms with Crippen molar-refractivity contribution in [1.82, 2.24) is 0 Å². The highest BCUT2D eigenvalue weighted by Gasteiger charge is 2.43. The van der Waals surface area contributed by atoms with Crippen LogP contribution in [0.1, 0.15) is 25.3 Å². The van der Waals surface area contributed by atoms with Crippen molar-refractivity contribution in [1.29, 1.82) is 0 Å². The van der Waals surface area contributed by atoms with E-state index in [0.717, 1.165) is 24.2 Å². The molecule has 1 aliphatic rings. The standard InChI is InChI=1S/C12H16O2/c1-9-5-3-4-6-10(9)14-11-7-8-12(11,2)13/h3-6,11,13H,7-8H2,1-2H3/t11-,12-/m0/s1. The summed E-state index contributed by atoms with van der Waals surface area (Å²) >= 11 is 0. The van der Waals surface area contributed by atoms with Crippen LogP contribution in [0.5, 0.6) is 5.75 Å². The van der Waals surface area contributed by atoms with E-state index in [1.807, 2.05) is 38.1 Å². The summed E-state index contributed by atoms with van der Waals surface area (Å²) in [5.74, 6) is 0.887. The van der Waals surface area contributed by atoms with Gasteiger partial charge in [-0.1, -0.05) is 18.2 Å². The molecule has 0 bridgehead atoms. The van der Waals surface area contributed by atoms with Crippen molar-refractivity contribution in [3.05, 3.63) is 29.8 Å². The quantitative estimate of drug-likeness (QED) is 0.779. The molecule has 76 valence electrons. The van der Waals surface area contributed by atoms with E-state index in [2.05, 4.69) is 0 Å². The topological polar surface area (TPSA) is 29.5 Å². The third-order valence-corrected chi connectivity index (χ3v) is 2.97. The van der Waals surface area contributed by atoms with Crippen molar-refractivity contribution in [2.24, 2.45) is 0 Å². The molecular formula is C12H16O2. The highest BCUT2D eigenvalue weighted by atomic mass is 16.5. The number of hydrogen-bond acceptors (Lipinski definition) is 2. The summed E-state index contributed by atoms with van der Waals surface area (Å²) in [5, 5.41) is 9.80. The molecule has 2 atom stereocenters. The minimum absolute atomic E-state index is 0.0383. The second-order valence-electron chi connectivity index (χ2n) is 4.27. The third-order valence-electron chi connectivity index (χ3n) is 2.97. The first-order chi connectivity index (χ1) is 6.59. The number of benzene rings is 1. The van der Waals surface area contributed by atoms with Crippen LogP contribution in [0.4, 0.5) is 0 Å². The fraction of sp³-hybridized carbons (Fsp3) is 0.500. The second kappa shape index (κ2) is 3.28. The molecule has 0 unspecified atom stereocenters. The van der Waals surface area contributed by atoms with Gasteiger partial charge in [0.15, 0.2) is 0 Å². The van der Waals surface area contributed by atoms with Crippen LogP contribution in [0.2, 0.25) is 0 Å². The first-order valence-electron chi connectivity index (χ1n) is 5.04. The van der Waals surface area contributed by atoms with Gasteiger partial charge in [0.1, 0.15) is 11.9 Å². The maximum atomic E-state index is 9.80. The molecule has 0 radical (unpaired) electrons. The van der Waals surface area contributed by atoms with Gasteiger partial charge in [0.2, 0.25) is 0 Å². The van der Waals surface area contributed by atoms with Crippen LogP contribution in [0.25, 0.3) is 0 Å². The zero-order valence-corrected chi connectivity index (χ0v) is 8.66. The largest absolute Gasteiger partial charge is 0.487 e. The molecule has 0 saturated heterocycles. The number of aryl methyl sites for hydroxylation is 1. The van der Waals surface area contributed by atoms with E-state index in [0.29, 0.717) is 0 Å². The van der Waals surface area contributed by atoms with Gasteiger partial charge in [-0.15, -0.1) is 0 Å². The van der Waals surface area contributed by atoms with Gasteiger partial charge in [0.25, 0.3) is 0 Å². The van der Waals surface area contributed by atoms with Crippen molar-refractivity contribution in [3.63, 3.8) is 0 Å². The molecule has 2 heteroatoms. The highest BCUT2D eigenvalue weighted by Crippen LogP contribution is 2.35. The lowest BCUT2D eigenvalue weighted by Crippen LogP contribution is -2.52. The number of aliphatic hydroxyl groups is 1. The Morgan fingerprint density at radius 2 is 2.14 bits per heavy atom. The summed E-state index contributed by atoms with van der Waals surface area (Å²) in [6.45, 7) is 3.85. The molecule has 2 rings (SSSR count). The number of rotatable bonds is 2. The van der Waals surface area contributed by atoms with Gasteiger partial charge < -0.3 is 9.84 Å². The van der Waals surface area contributed by atoms with Crippen molar-refractivity contribution < 1.29 is 9.84 Å². The normalized spacial score (nSPS) is 30.9. The molecule has 2 nitrogen and oxygen atoms in total. The van der Waals surface area contributed by atoms with Crippen molar-refractivity contribution in [3.8, 4) is 5.75 Å². The molecule has 1 aromatic rings.